The second-order valence-electron chi connectivity index (χ2n) is 5.06. The zero-order chi connectivity index (χ0) is 12.2. The third-order valence-electron chi connectivity index (χ3n) is 3.41. The van der Waals surface area contributed by atoms with Gasteiger partial charge in [-0.05, 0) is 6.42 Å². The highest BCUT2D eigenvalue weighted by Crippen LogP contribution is 2.13. The molecule has 0 aliphatic carbocycles. The maximum absolute atomic E-state index is 5.34. The molecule has 0 fully saturated rings. The molecule has 0 saturated carbocycles. The van der Waals surface area contributed by atoms with Crippen molar-refractivity contribution in [2.24, 2.45) is 0 Å². The summed E-state index contributed by atoms with van der Waals surface area (Å²) in [7, 11) is 0. The minimum atomic E-state index is 0.254. The van der Waals surface area contributed by atoms with Crippen molar-refractivity contribution in [3.05, 3.63) is 12.5 Å². The number of hydrogen-bond donors (Lipinski definition) is 1. The summed E-state index contributed by atoms with van der Waals surface area (Å²) in [6.07, 6.45) is 19.0. The van der Waals surface area contributed by atoms with Gasteiger partial charge in [0.05, 0.1) is 0 Å². The molecule has 0 bridgehead atoms. The van der Waals surface area contributed by atoms with Crippen LogP contribution in [0.25, 0.3) is 0 Å². The van der Waals surface area contributed by atoms with Gasteiger partial charge in [-0.1, -0.05) is 64.7 Å². The highest BCUT2D eigenvalue weighted by Gasteiger charge is 2.08. The summed E-state index contributed by atoms with van der Waals surface area (Å²) < 4.78 is 5.34. The first-order valence-corrected chi connectivity index (χ1v) is 7.50. The van der Waals surface area contributed by atoms with Crippen LogP contribution >= 0.6 is 0 Å². The summed E-state index contributed by atoms with van der Waals surface area (Å²) >= 11 is 0. The molecule has 1 aliphatic heterocycles. The van der Waals surface area contributed by atoms with Gasteiger partial charge in [0.15, 0.2) is 6.23 Å². The number of ether oxygens (including phenoxy) is 1. The number of nitrogens with one attached hydrogen (secondary N) is 1. The van der Waals surface area contributed by atoms with Crippen LogP contribution in [0.1, 0.15) is 77.6 Å². The Morgan fingerprint density at radius 1 is 0.882 bits per heavy atom. The summed E-state index contributed by atoms with van der Waals surface area (Å²) in [5.74, 6) is 0. The topological polar surface area (TPSA) is 21.3 Å². The van der Waals surface area contributed by atoms with Crippen molar-refractivity contribution in [2.75, 3.05) is 0 Å². The predicted octanol–water partition coefficient (Wildman–Crippen LogP) is 4.71. The molecule has 100 valence electrons. The van der Waals surface area contributed by atoms with E-state index in [-0.39, 0.29) is 6.23 Å². The summed E-state index contributed by atoms with van der Waals surface area (Å²) in [6.45, 7) is 2.28. The number of rotatable bonds is 11. The Kier molecular flexibility index (Phi) is 8.89. The second kappa shape index (κ2) is 10.5. The smallest absolute Gasteiger partial charge is 0.168 e. The van der Waals surface area contributed by atoms with E-state index in [1.54, 1.807) is 6.26 Å². The van der Waals surface area contributed by atoms with Crippen molar-refractivity contribution in [3.63, 3.8) is 0 Å². The first-order chi connectivity index (χ1) is 8.43. The van der Waals surface area contributed by atoms with Crippen molar-refractivity contribution in [1.82, 2.24) is 5.32 Å². The largest absolute Gasteiger partial charge is 0.477 e. The quantitative estimate of drug-likeness (QED) is 0.527. The molecule has 17 heavy (non-hydrogen) atoms. The SMILES string of the molecule is CCCCCCCCCCCCC1NC=CO1. The average Bonchev–Trinajstić information content (AvgIpc) is 2.85. The predicted molar refractivity (Wildman–Crippen MR) is 73.6 cm³/mol. The lowest BCUT2D eigenvalue weighted by Gasteiger charge is -2.10. The second-order valence-corrected chi connectivity index (χ2v) is 5.06. The zero-order valence-electron chi connectivity index (χ0n) is 11.4. The van der Waals surface area contributed by atoms with Crippen LogP contribution in [0.3, 0.4) is 0 Å². The normalized spacial score (nSPS) is 18.1. The lowest BCUT2D eigenvalue weighted by atomic mass is 10.1. The summed E-state index contributed by atoms with van der Waals surface area (Å²) in [5.41, 5.74) is 0. The molecule has 0 aromatic heterocycles. The maximum atomic E-state index is 5.34. The molecule has 0 spiro atoms. The van der Waals surface area contributed by atoms with Crippen LogP contribution in [0.4, 0.5) is 0 Å². The van der Waals surface area contributed by atoms with Gasteiger partial charge in [0, 0.05) is 12.6 Å². The van der Waals surface area contributed by atoms with Gasteiger partial charge in [-0.15, -0.1) is 0 Å². The molecule has 0 saturated heterocycles. The first-order valence-electron chi connectivity index (χ1n) is 7.50. The van der Waals surface area contributed by atoms with Crippen LogP contribution < -0.4 is 5.32 Å². The third kappa shape index (κ3) is 8.12. The van der Waals surface area contributed by atoms with E-state index in [1.807, 2.05) is 6.20 Å². The van der Waals surface area contributed by atoms with Gasteiger partial charge in [-0.25, -0.2) is 0 Å². The van der Waals surface area contributed by atoms with Crippen LogP contribution in [0.15, 0.2) is 12.5 Å². The fourth-order valence-corrected chi connectivity index (χ4v) is 2.29. The van der Waals surface area contributed by atoms with Crippen molar-refractivity contribution in [3.8, 4) is 0 Å². The van der Waals surface area contributed by atoms with Crippen LogP contribution in [-0.2, 0) is 4.74 Å². The van der Waals surface area contributed by atoms with E-state index in [9.17, 15) is 0 Å². The standard InChI is InChI=1S/C15H29NO/c1-2-3-4-5-6-7-8-9-10-11-12-15-16-13-14-17-15/h13-16H,2-12H2,1H3. The van der Waals surface area contributed by atoms with Gasteiger partial charge in [0.1, 0.15) is 6.26 Å². The van der Waals surface area contributed by atoms with E-state index >= 15 is 0 Å². The van der Waals surface area contributed by atoms with E-state index in [4.69, 9.17) is 4.74 Å². The molecular weight excluding hydrogens is 210 g/mol. The van der Waals surface area contributed by atoms with Gasteiger partial charge >= 0.3 is 0 Å². The Hall–Kier alpha value is -0.660. The molecule has 0 aromatic carbocycles. The number of hydrogen-bond acceptors (Lipinski definition) is 2. The lowest BCUT2D eigenvalue weighted by Crippen LogP contribution is -2.20. The van der Waals surface area contributed by atoms with Gasteiger partial charge in [0.2, 0.25) is 0 Å². The Bertz CT molecular complexity index is 183. The fraction of sp³-hybridized carbons (Fsp3) is 0.867. The molecule has 0 amide bonds. The van der Waals surface area contributed by atoms with Crippen molar-refractivity contribution < 1.29 is 4.74 Å². The van der Waals surface area contributed by atoms with Crippen LogP contribution in [0.2, 0.25) is 0 Å². The van der Waals surface area contributed by atoms with Gasteiger partial charge in [-0.2, -0.15) is 0 Å². The molecule has 2 heteroatoms. The number of unbranched alkanes of at least 4 members (excludes halogenated alkanes) is 9. The highest BCUT2D eigenvalue weighted by molar-refractivity contribution is 4.81. The Labute approximate surface area is 107 Å². The van der Waals surface area contributed by atoms with Gasteiger partial charge < -0.3 is 10.1 Å². The van der Waals surface area contributed by atoms with Gasteiger partial charge in [-0.3, -0.25) is 0 Å². The van der Waals surface area contributed by atoms with E-state index in [1.165, 1.54) is 64.2 Å². The molecule has 1 heterocycles. The molecule has 1 atom stereocenters. The monoisotopic (exact) mass is 239 g/mol. The molecule has 0 aromatic rings. The Morgan fingerprint density at radius 2 is 1.47 bits per heavy atom. The minimum absolute atomic E-state index is 0.254. The molecule has 2 nitrogen and oxygen atoms in total. The molecule has 1 aliphatic rings. The molecule has 0 radical (unpaired) electrons. The molecule has 1 rings (SSSR count). The van der Waals surface area contributed by atoms with Crippen LogP contribution in [-0.4, -0.2) is 6.23 Å². The van der Waals surface area contributed by atoms with Crippen LogP contribution in [0, 0.1) is 0 Å². The maximum Gasteiger partial charge on any atom is 0.168 e. The minimum Gasteiger partial charge on any atom is -0.477 e. The molecular formula is C15H29NO. The third-order valence-corrected chi connectivity index (χ3v) is 3.41. The van der Waals surface area contributed by atoms with Gasteiger partial charge in [0.25, 0.3) is 0 Å². The Morgan fingerprint density at radius 3 is 2.00 bits per heavy atom. The highest BCUT2D eigenvalue weighted by atomic mass is 16.5. The zero-order valence-corrected chi connectivity index (χ0v) is 11.4. The average molecular weight is 239 g/mol. The van der Waals surface area contributed by atoms with Crippen molar-refractivity contribution in [2.45, 2.75) is 83.8 Å². The Balaban J connectivity index is 1.69. The summed E-state index contributed by atoms with van der Waals surface area (Å²) in [4.78, 5) is 0. The van der Waals surface area contributed by atoms with E-state index in [2.05, 4.69) is 12.2 Å². The molecule has 1 unspecified atom stereocenters. The summed E-state index contributed by atoms with van der Waals surface area (Å²) in [6, 6.07) is 0. The molecule has 1 N–H and O–H groups in total. The van der Waals surface area contributed by atoms with E-state index < -0.39 is 0 Å². The lowest BCUT2D eigenvalue weighted by molar-refractivity contribution is 0.139. The first kappa shape index (κ1) is 14.4. The van der Waals surface area contributed by atoms with E-state index in [0.717, 1.165) is 6.42 Å². The summed E-state index contributed by atoms with van der Waals surface area (Å²) in [5, 5.41) is 3.18. The van der Waals surface area contributed by atoms with Crippen molar-refractivity contribution in [1.29, 1.82) is 0 Å². The van der Waals surface area contributed by atoms with E-state index in [0.29, 0.717) is 0 Å². The van der Waals surface area contributed by atoms with Crippen molar-refractivity contribution >= 4 is 0 Å². The fourth-order valence-electron chi connectivity index (χ4n) is 2.29. The van der Waals surface area contributed by atoms with Crippen LogP contribution in [0.5, 0.6) is 0 Å².